The molecule has 0 aromatic heterocycles. The van der Waals surface area contributed by atoms with Gasteiger partial charge in [0, 0.05) is 6.07 Å². The zero-order valence-corrected chi connectivity index (χ0v) is 8.75. The van der Waals surface area contributed by atoms with E-state index in [9.17, 15) is 5.11 Å². The largest absolute Gasteiger partial charge is 0.507 e. The third-order valence-corrected chi connectivity index (χ3v) is 2.77. The molecule has 0 radical (unpaired) electrons. The number of aromatic hydroxyl groups is 1. The SMILES string of the molecule is Oc1cc(OCC2CC2)ccc1Br. The number of phenolic OH excluding ortho intramolecular Hbond substituents is 1. The quantitative estimate of drug-likeness (QED) is 0.884. The number of hydrogen-bond acceptors (Lipinski definition) is 2. The fraction of sp³-hybridized carbons (Fsp3) is 0.400. The zero-order chi connectivity index (χ0) is 9.26. The lowest BCUT2D eigenvalue weighted by Crippen LogP contribution is -1.98. The predicted molar refractivity (Wildman–Crippen MR) is 54.0 cm³/mol. The van der Waals surface area contributed by atoms with Gasteiger partial charge in [-0.05, 0) is 46.8 Å². The third-order valence-electron chi connectivity index (χ3n) is 2.10. The molecule has 1 fully saturated rings. The molecule has 1 aromatic rings. The Morgan fingerprint density at radius 3 is 2.85 bits per heavy atom. The Labute approximate surface area is 85.7 Å². The van der Waals surface area contributed by atoms with Crippen molar-refractivity contribution in [3.05, 3.63) is 22.7 Å². The standard InChI is InChI=1S/C10H11BrO2/c11-9-4-3-8(5-10(9)12)13-6-7-1-2-7/h3-5,7,12H,1-2,6H2. The summed E-state index contributed by atoms with van der Waals surface area (Å²) < 4.78 is 6.19. The summed E-state index contributed by atoms with van der Waals surface area (Å²) in [6.45, 7) is 0.779. The van der Waals surface area contributed by atoms with E-state index in [2.05, 4.69) is 15.9 Å². The number of halogens is 1. The molecule has 1 aliphatic rings. The van der Waals surface area contributed by atoms with E-state index < -0.39 is 0 Å². The maximum absolute atomic E-state index is 9.35. The summed E-state index contributed by atoms with van der Waals surface area (Å²) in [5.41, 5.74) is 0. The lowest BCUT2D eigenvalue weighted by molar-refractivity contribution is 0.298. The average molecular weight is 243 g/mol. The van der Waals surface area contributed by atoms with Crippen LogP contribution in [0.15, 0.2) is 22.7 Å². The van der Waals surface area contributed by atoms with Crippen molar-refractivity contribution >= 4 is 15.9 Å². The van der Waals surface area contributed by atoms with Crippen molar-refractivity contribution in [1.29, 1.82) is 0 Å². The van der Waals surface area contributed by atoms with Crippen LogP contribution in [-0.2, 0) is 0 Å². The van der Waals surface area contributed by atoms with E-state index in [0.29, 0.717) is 4.47 Å². The van der Waals surface area contributed by atoms with Gasteiger partial charge in [-0.3, -0.25) is 0 Å². The second-order valence-electron chi connectivity index (χ2n) is 3.37. The van der Waals surface area contributed by atoms with Crippen LogP contribution in [0.3, 0.4) is 0 Å². The van der Waals surface area contributed by atoms with Gasteiger partial charge in [0.2, 0.25) is 0 Å². The summed E-state index contributed by atoms with van der Waals surface area (Å²) in [5, 5.41) is 9.35. The topological polar surface area (TPSA) is 29.5 Å². The second-order valence-corrected chi connectivity index (χ2v) is 4.22. The first-order valence-electron chi connectivity index (χ1n) is 4.37. The van der Waals surface area contributed by atoms with Gasteiger partial charge in [0.1, 0.15) is 11.5 Å². The van der Waals surface area contributed by atoms with Gasteiger partial charge in [0.25, 0.3) is 0 Å². The first kappa shape index (κ1) is 8.88. The van der Waals surface area contributed by atoms with Crippen molar-refractivity contribution in [1.82, 2.24) is 0 Å². The maximum atomic E-state index is 9.35. The molecule has 0 spiro atoms. The molecule has 2 rings (SSSR count). The highest BCUT2D eigenvalue weighted by atomic mass is 79.9. The molecule has 0 bridgehead atoms. The number of ether oxygens (including phenoxy) is 1. The summed E-state index contributed by atoms with van der Waals surface area (Å²) >= 11 is 3.22. The molecule has 1 aromatic carbocycles. The normalized spacial score (nSPS) is 15.8. The monoisotopic (exact) mass is 242 g/mol. The Balaban J connectivity index is 1.98. The van der Waals surface area contributed by atoms with E-state index in [0.717, 1.165) is 18.3 Å². The van der Waals surface area contributed by atoms with Crippen LogP contribution in [0.25, 0.3) is 0 Å². The van der Waals surface area contributed by atoms with Gasteiger partial charge < -0.3 is 9.84 Å². The third kappa shape index (κ3) is 2.37. The van der Waals surface area contributed by atoms with Crippen molar-refractivity contribution in [3.8, 4) is 11.5 Å². The van der Waals surface area contributed by atoms with Crippen molar-refractivity contribution in [2.45, 2.75) is 12.8 Å². The van der Waals surface area contributed by atoms with E-state index in [1.807, 2.05) is 6.07 Å². The summed E-state index contributed by atoms with van der Waals surface area (Å²) in [7, 11) is 0. The molecule has 1 N–H and O–H groups in total. The number of hydrogen-bond donors (Lipinski definition) is 1. The Bertz CT molecular complexity index is 308. The predicted octanol–water partition coefficient (Wildman–Crippen LogP) is 2.94. The smallest absolute Gasteiger partial charge is 0.133 e. The Hall–Kier alpha value is -0.700. The lowest BCUT2D eigenvalue weighted by atomic mass is 10.3. The van der Waals surface area contributed by atoms with E-state index >= 15 is 0 Å². The van der Waals surface area contributed by atoms with Gasteiger partial charge in [0.15, 0.2) is 0 Å². The summed E-state index contributed by atoms with van der Waals surface area (Å²) in [6, 6.07) is 5.27. The summed E-state index contributed by atoms with van der Waals surface area (Å²) in [5.74, 6) is 1.71. The molecule has 1 saturated carbocycles. The molecule has 0 amide bonds. The van der Waals surface area contributed by atoms with Gasteiger partial charge in [-0.25, -0.2) is 0 Å². The van der Waals surface area contributed by atoms with Crippen molar-refractivity contribution < 1.29 is 9.84 Å². The molecule has 2 nitrogen and oxygen atoms in total. The first-order valence-corrected chi connectivity index (χ1v) is 5.16. The second kappa shape index (κ2) is 3.58. The van der Waals surface area contributed by atoms with Gasteiger partial charge >= 0.3 is 0 Å². The maximum Gasteiger partial charge on any atom is 0.133 e. The minimum Gasteiger partial charge on any atom is -0.507 e. The van der Waals surface area contributed by atoms with Crippen molar-refractivity contribution in [2.24, 2.45) is 5.92 Å². The van der Waals surface area contributed by atoms with Crippen LogP contribution in [0.4, 0.5) is 0 Å². The Morgan fingerprint density at radius 2 is 2.23 bits per heavy atom. The molecular weight excluding hydrogens is 232 g/mol. The first-order chi connectivity index (χ1) is 6.25. The van der Waals surface area contributed by atoms with E-state index in [1.165, 1.54) is 12.8 Å². The van der Waals surface area contributed by atoms with Crippen LogP contribution in [0.1, 0.15) is 12.8 Å². The van der Waals surface area contributed by atoms with Crippen LogP contribution in [0.5, 0.6) is 11.5 Å². The Morgan fingerprint density at radius 1 is 1.46 bits per heavy atom. The Kier molecular flexibility index (Phi) is 2.44. The molecule has 0 unspecified atom stereocenters. The van der Waals surface area contributed by atoms with Gasteiger partial charge in [-0.2, -0.15) is 0 Å². The van der Waals surface area contributed by atoms with E-state index in [1.54, 1.807) is 12.1 Å². The van der Waals surface area contributed by atoms with Crippen molar-refractivity contribution in [3.63, 3.8) is 0 Å². The molecule has 13 heavy (non-hydrogen) atoms. The van der Waals surface area contributed by atoms with Gasteiger partial charge in [-0.15, -0.1) is 0 Å². The fourth-order valence-electron chi connectivity index (χ4n) is 1.08. The average Bonchev–Trinajstić information content (AvgIpc) is 2.91. The molecule has 0 atom stereocenters. The van der Waals surface area contributed by atoms with Crippen LogP contribution >= 0.6 is 15.9 Å². The van der Waals surface area contributed by atoms with Gasteiger partial charge in [-0.1, -0.05) is 0 Å². The minimum atomic E-state index is 0.230. The van der Waals surface area contributed by atoms with E-state index in [-0.39, 0.29) is 5.75 Å². The van der Waals surface area contributed by atoms with Crippen LogP contribution in [-0.4, -0.2) is 11.7 Å². The highest BCUT2D eigenvalue weighted by Gasteiger charge is 2.21. The minimum absolute atomic E-state index is 0.230. The van der Waals surface area contributed by atoms with Crippen LogP contribution < -0.4 is 4.74 Å². The van der Waals surface area contributed by atoms with E-state index in [4.69, 9.17) is 4.74 Å². The molecule has 0 aliphatic heterocycles. The number of benzene rings is 1. The van der Waals surface area contributed by atoms with Crippen LogP contribution in [0, 0.1) is 5.92 Å². The molecular formula is C10H11BrO2. The number of rotatable bonds is 3. The highest BCUT2D eigenvalue weighted by molar-refractivity contribution is 9.10. The fourth-order valence-corrected chi connectivity index (χ4v) is 1.33. The highest BCUT2D eigenvalue weighted by Crippen LogP contribution is 2.31. The molecule has 0 saturated heterocycles. The van der Waals surface area contributed by atoms with Gasteiger partial charge in [0.05, 0.1) is 11.1 Å². The molecule has 1 aliphatic carbocycles. The summed E-state index contributed by atoms with van der Waals surface area (Å²) in [4.78, 5) is 0. The molecule has 3 heteroatoms. The summed E-state index contributed by atoms with van der Waals surface area (Å²) in [6.07, 6.45) is 2.56. The molecule has 0 heterocycles. The van der Waals surface area contributed by atoms with Crippen LogP contribution in [0.2, 0.25) is 0 Å². The lowest BCUT2D eigenvalue weighted by Gasteiger charge is -2.05. The van der Waals surface area contributed by atoms with Crippen molar-refractivity contribution in [2.75, 3.05) is 6.61 Å². The zero-order valence-electron chi connectivity index (χ0n) is 7.16. The number of phenols is 1. The molecule has 70 valence electrons.